The number of thioether (sulfide) groups is 1. The van der Waals surface area contributed by atoms with Crippen molar-refractivity contribution < 1.29 is 9.59 Å². The van der Waals surface area contributed by atoms with Crippen LogP contribution in [0, 0.1) is 22.7 Å². The Balaban J connectivity index is 1.71. The van der Waals surface area contributed by atoms with E-state index in [1.807, 2.05) is 6.07 Å². The lowest BCUT2D eigenvalue weighted by atomic mass is 10.0. The quantitative estimate of drug-likeness (QED) is 0.687. The van der Waals surface area contributed by atoms with Crippen LogP contribution in [0.25, 0.3) is 0 Å². The minimum Gasteiger partial charge on any atom is -0.383 e. The largest absolute Gasteiger partial charge is 0.383 e. The molecule has 2 fully saturated rings. The van der Waals surface area contributed by atoms with Crippen molar-refractivity contribution in [3.8, 4) is 12.1 Å². The van der Waals surface area contributed by atoms with Crippen LogP contribution in [0.1, 0.15) is 41.9 Å². The van der Waals surface area contributed by atoms with Gasteiger partial charge in [0.15, 0.2) is 0 Å². The molecule has 2 aliphatic rings. The molecule has 2 N–H and O–H groups in total. The topological polar surface area (TPSA) is 124 Å². The van der Waals surface area contributed by atoms with E-state index >= 15 is 0 Å². The van der Waals surface area contributed by atoms with Crippen molar-refractivity contribution in [1.29, 1.82) is 10.5 Å². The fraction of sp³-hybridized carbons (Fsp3) is 0.250. The maximum absolute atomic E-state index is 13.0. The van der Waals surface area contributed by atoms with E-state index in [1.165, 1.54) is 0 Å². The average Bonchev–Trinajstić information content (AvgIpc) is 3.50. The molecular formula is C20H13Cl2N5O2S. The summed E-state index contributed by atoms with van der Waals surface area (Å²) in [6, 6.07) is 8.84. The smallest absolute Gasteiger partial charge is 0.247 e. The van der Waals surface area contributed by atoms with Crippen LogP contribution < -0.4 is 10.6 Å². The van der Waals surface area contributed by atoms with Gasteiger partial charge >= 0.3 is 0 Å². The van der Waals surface area contributed by atoms with E-state index in [1.54, 1.807) is 18.2 Å². The number of nitriles is 2. The van der Waals surface area contributed by atoms with E-state index in [4.69, 9.17) is 28.9 Å². The van der Waals surface area contributed by atoms with Gasteiger partial charge in [-0.15, -0.1) is 0 Å². The predicted molar refractivity (Wildman–Crippen MR) is 113 cm³/mol. The lowest BCUT2D eigenvalue weighted by Gasteiger charge is -2.18. The van der Waals surface area contributed by atoms with Crippen molar-refractivity contribution in [2.24, 2.45) is 0 Å². The van der Waals surface area contributed by atoms with Gasteiger partial charge in [0.2, 0.25) is 11.8 Å². The van der Waals surface area contributed by atoms with Crippen LogP contribution >= 0.6 is 35.0 Å². The monoisotopic (exact) mass is 457 g/mol. The summed E-state index contributed by atoms with van der Waals surface area (Å²) in [6.45, 7) is 0. The Labute approximate surface area is 186 Å². The molecule has 2 heterocycles. The molecule has 0 spiro atoms. The molecule has 1 aliphatic heterocycles. The number of halogens is 2. The van der Waals surface area contributed by atoms with Crippen molar-refractivity contribution in [1.82, 2.24) is 4.98 Å². The first-order valence-electron chi connectivity index (χ1n) is 8.98. The number of imide groups is 1. The molecule has 150 valence electrons. The molecule has 1 atom stereocenters. The van der Waals surface area contributed by atoms with E-state index in [2.05, 4.69) is 11.1 Å². The number of rotatable bonds is 4. The normalized spacial score (nSPS) is 18.4. The first-order valence-corrected chi connectivity index (χ1v) is 10.6. The second-order valence-corrected chi connectivity index (χ2v) is 8.92. The van der Waals surface area contributed by atoms with Crippen LogP contribution in [-0.2, 0) is 9.59 Å². The highest BCUT2D eigenvalue weighted by Crippen LogP contribution is 2.47. The highest BCUT2D eigenvalue weighted by molar-refractivity contribution is 8.00. The van der Waals surface area contributed by atoms with Crippen LogP contribution in [0.3, 0.4) is 0 Å². The van der Waals surface area contributed by atoms with E-state index in [0.29, 0.717) is 5.56 Å². The van der Waals surface area contributed by atoms with E-state index < -0.39 is 17.1 Å². The van der Waals surface area contributed by atoms with Crippen LogP contribution in [0.5, 0.6) is 0 Å². The van der Waals surface area contributed by atoms with Crippen molar-refractivity contribution in [3.05, 3.63) is 44.9 Å². The third-order valence-electron chi connectivity index (χ3n) is 4.96. The number of anilines is 2. The van der Waals surface area contributed by atoms with Gasteiger partial charge in [-0.25, -0.2) is 9.88 Å². The molecule has 1 saturated carbocycles. The number of nitrogens with zero attached hydrogens (tertiary/aromatic N) is 4. The Bertz CT molecular complexity index is 1160. The molecule has 1 saturated heterocycles. The fourth-order valence-corrected chi connectivity index (χ4v) is 5.15. The van der Waals surface area contributed by atoms with Crippen LogP contribution in [0.2, 0.25) is 10.0 Å². The first-order chi connectivity index (χ1) is 14.4. The molecule has 1 aromatic carbocycles. The molecule has 30 heavy (non-hydrogen) atoms. The molecule has 2 aromatic rings. The van der Waals surface area contributed by atoms with Gasteiger partial charge in [-0.1, -0.05) is 41.0 Å². The Hall–Kier alpha value is -2.78. The molecule has 4 rings (SSSR count). The van der Waals surface area contributed by atoms with Gasteiger partial charge in [-0.2, -0.15) is 10.5 Å². The van der Waals surface area contributed by atoms with Crippen LogP contribution in [-0.4, -0.2) is 22.0 Å². The Kier molecular flexibility index (Phi) is 5.33. The Morgan fingerprint density at radius 1 is 1.13 bits per heavy atom. The molecule has 10 heteroatoms. The lowest BCUT2D eigenvalue weighted by Crippen LogP contribution is -2.31. The number of hydrogen-bond donors (Lipinski definition) is 1. The van der Waals surface area contributed by atoms with Crippen LogP contribution in [0.15, 0.2) is 23.2 Å². The highest BCUT2D eigenvalue weighted by Gasteiger charge is 2.43. The summed E-state index contributed by atoms with van der Waals surface area (Å²) in [5.74, 6) is -0.849. The number of amides is 2. The van der Waals surface area contributed by atoms with Crippen molar-refractivity contribution in [3.63, 3.8) is 0 Å². The number of carbonyl (C=O) groups excluding carboxylic acids is 2. The zero-order chi connectivity index (χ0) is 21.6. The summed E-state index contributed by atoms with van der Waals surface area (Å²) < 4.78 is 0. The summed E-state index contributed by atoms with van der Waals surface area (Å²) in [4.78, 5) is 30.8. The summed E-state index contributed by atoms with van der Waals surface area (Å²) in [6.07, 6.45) is 1.61. The molecule has 0 bridgehead atoms. The van der Waals surface area contributed by atoms with E-state index in [9.17, 15) is 20.1 Å². The number of nitrogen functional groups attached to an aromatic ring is 1. The highest BCUT2D eigenvalue weighted by atomic mass is 35.5. The maximum Gasteiger partial charge on any atom is 0.247 e. The third-order valence-corrected chi connectivity index (χ3v) is 6.74. The number of aromatic nitrogens is 1. The van der Waals surface area contributed by atoms with Gasteiger partial charge in [0.1, 0.15) is 23.0 Å². The fourth-order valence-electron chi connectivity index (χ4n) is 3.46. The average molecular weight is 458 g/mol. The maximum atomic E-state index is 13.0. The van der Waals surface area contributed by atoms with Gasteiger partial charge in [0, 0.05) is 6.42 Å². The Morgan fingerprint density at radius 3 is 2.33 bits per heavy atom. The standard InChI is InChI=1S/C20H13Cl2N5O2S/c21-12-2-1-3-13(22)17(12)27-15(28)6-14(20(27)29)30-19-11(8-24)16(9-4-5-9)10(7-23)18(25)26-19/h1-3,9,14H,4-6H2,(H2,25,26)/t14-/m0/s1. The van der Waals surface area contributed by atoms with Gasteiger partial charge in [0.05, 0.1) is 32.1 Å². The van der Waals surface area contributed by atoms with Crippen molar-refractivity contribution in [2.75, 3.05) is 10.6 Å². The lowest BCUT2D eigenvalue weighted by molar-refractivity contribution is -0.121. The predicted octanol–water partition coefficient (Wildman–Crippen LogP) is 4.02. The molecule has 1 aliphatic carbocycles. The minimum atomic E-state index is -0.816. The number of hydrogen-bond acceptors (Lipinski definition) is 7. The summed E-state index contributed by atoms with van der Waals surface area (Å²) in [5.41, 5.74) is 7.13. The molecule has 7 nitrogen and oxygen atoms in total. The van der Waals surface area contributed by atoms with Gasteiger partial charge in [0.25, 0.3) is 0 Å². The van der Waals surface area contributed by atoms with E-state index in [0.717, 1.165) is 29.5 Å². The number of nitrogens with two attached hydrogens (primary N) is 1. The summed E-state index contributed by atoms with van der Waals surface area (Å²) in [5, 5.41) is 19.0. The summed E-state index contributed by atoms with van der Waals surface area (Å²) in [7, 11) is 0. The first kappa shape index (κ1) is 20.5. The molecule has 2 amide bonds. The second kappa shape index (κ2) is 7.81. The minimum absolute atomic E-state index is 0.0173. The van der Waals surface area contributed by atoms with Gasteiger partial charge < -0.3 is 5.73 Å². The third kappa shape index (κ3) is 3.37. The number of benzene rings is 1. The number of para-hydroxylation sites is 1. The number of carbonyl (C=O) groups is 2. The SMILES string of the molecule is N#Cc1c(N)nc(S[C@H]2CC(=O)N(c3c(Cl)cccc3Cl)C2=O)c(C#N)c1C1CC1. The van der Waals surface area contributed by atoms with Gasteiger partial charge in [-0.3, -0.25) is 9.59 Å². The Morgan fingerprint density at radius 2 is 1.77 bits per heavy atom. The van der Waals surface area contributed by atoms with Crippen LogP contribution in [0.4, 0.5) is 11.5 Å². The molecule has 0 radical (unpaired) electrons. The zero-order valence-electron chi connectivity index (χ0n) is 15.4. The van der Waals surface area contributed by atoms with E-state index in [-0.39, 0.29) is 50.0 Å². The van der Waals surface area contributed by atoms with Gasteiger partial charge in [-0.05, 0) is 36.5 Å². The second-order valence-electron chi connectivity index (χ2n) is 6.91. The molecular weight excluding hydrogens is 445 g/mol. The van der Waals surface area contributed by atoms with Crippen molar-refractivity contribution >= 4 is 58.3 Å². The van der Waals surface area contributed by atoms with Crippen molar-refractivity contribution in [2.45, 2.75) is 35.5 Å². The molecule has 0 unspecified atom stereocenters. The summed E-state index contributed by atoms with van der Waals surface area (Å²) >= 11 is 13.3. The zero-order valence-corrected chi connectivity index (χ0v) is 17.7. The molecule has 1 aromatic heterocycles. The number of pyridine rings is 1.